The summed E-state index contributed by atoms with van der Waals surface area (Å²) in [5.41, 5.74) is 5.93. The van der Waals surface area contributed by atoms with Crippen LogP contribution in [0.5, 0.6) is 5.75 Å². The van der Waals surface area contributed by atoms with E-state index >= 15 is 0 Å². The van der Waals surface area contributed by atoms with Crippen molar-refractivity contribution in [2.75, 3.05) is 44.3 Å². The lowest BCUT2D eigenvalue weighted by Gasteiger charge is -2.33. The van der Waals surface area contributed by atoms with Gasteiger partial charge in [-0.15, -0.1) is 0 Å². The number of hydrogen-bond acceptors (Lipinski definition) is 7. The van der Waals surface area contributed by atoms with Crippen LogP contribution in [0.4, 0.5) is 10.5 Å². The zero-order valence-electron chi connectivity index (χ0n) is 24.9. The minimum Gasteiger partial charge on any atom is -0.489 e. The average molecular weight is 580 g/mol. The van der Waals surface area contributed by atoms with E-state index in [2.05, 4.69) is 51.3 Å². The first kappa shape index (κ1) is 28.6. The molecule has 9 nitrogen and oxygen atoms in total. The minimum atomic E-state index is -0.523. The van der Waals surface area contributed by atoms with Gasteiger partial charge in [0, 0.05) is 62.0 Å². The fourth-order valence-corrected chi connectivity index (χ4v) is 5.66. The summed E-state index contributed by atoms with van der Waals surface area (Å²) >= 11 is 0. The molecule has 2 aromatic heterocycles. The molecule has 0 saturated carbocycles. The van der Waals surface area contributed by atoms with Crippen molar-refractivity contribution < 1.29 is 19.0 Å². The fraction of sp³-hybridized carbons (Fsp3) is 0.382. The Labute approximate surface area is 252 Å². The normalized spacial score (nSPS) is 16.2. The molecule has 222 valence electrons. The van der Waals surface area contributed by atoms with Crippen LogP contribution in [0.2, 0.25) is 0 Å². The first-order valence-electron chi connectivity index (χ1n) is 14.9. The van der Waals surface area contributed by atoms with Crippen LogP contribution >= 0.6 is 0 Å². The van der Waals surface area contributed by atoms with Crippen molar-refractivity contribution in [3.05, 3.63) is 66.4 Å². The number of morpholine rings is 1. The number of benzene rings is 2. The van der Waals surface area contributed by atoms with E-state index in [4.69, 9.17) is 14.2 Å². The molecule has 0 bridgehead atoms. The third kappa shape index (κ3) is 6.45. The second-order valence-corrected chi connectivity index (χ2v) is 12.1. The number of nitrogens with one attached hydrogen (secondary N) is 1. The van der Waals surface area contributed by atoms with Gasteiger partial charge in [0.1, 0.15) is 29.2 Å². The van der Waals surface area contributed by atoms with Crippen molar-refractivity contribution in [1.29, 1.82) is 5.26 Å². The SMILES string of the molecule is CC(C)(C)OC(=O)N1CCC(Oc2ccc(-c3ccnc4[nH]c(-c5ccc(N6CCOCC6)cc5)cc34)cc2C#N)CC1. The van der Waals surface area contributed by atoms with E-state index in [9.17, 15) is 10.1 Å². The predicted molar refractivity (Wildman–Crippen MR) is 166 cm³/mol. The number of H-pyrrole nitrogens is 1. The van der Waals surface area contributed by atoms with Gasteiger partial charge in [-0.3, -0.25) is 0 Å². The van der Waals surface area contributed by atoms with Gasteiger partial charge in [-0.2, -0.15) is 5.26 Å². The molecule has 1 amide bonds. The third-order valence-corrected chi connectivity index (χ3v) is 7.88. The molecule has 2 aromatic carbocycles. The molecule has 1 N–H and O–H groups in total. The van der Waals surface area contributed by atoms with Crippen molar-refractivity contribution in [3.63, 3.8) is 0 Å². The maximum atomic E-state index is 12.4. The first-order chi connectivity index (χ1) is 20.8. The topological polar surface area (TPSA) is 104 Å². The van der Waals surface area contributed by atoms with Gasteiger partial charge in [-0.1, -0.05) is 18.2 Å². The molecule has 43 heavy (non-hydrogen) atoms. The summed E-state index contributed by atoms with van der Waals surface area (Å²) in [4.78, 5) is 24.5. The maximum absolute atomic E-state index is 12.4. The number of carbonyl (C=O) groups is 1. The summed E-state index contributed by atoms with van der Waals surface area (Å²) in [6.07, 6.45) is 2.77. The third-order valence-electron chi connectivity index (χ3n) is 7.88. The quantitative estimate of drug-likeness (QED) is 0.292. The Morgan fingerprint density at radius 2 is 1.72 bits per heavy atom. The number of hydrogen-bond donors (Lipinski definition) is 1. The van der Waals surface area contributed by atoms with Gasteiger partial charge >= 0.3 is 6.09 Å². The van der Waals surface area contributed by atoms with Gasteiger partial charge in [0.15, 0.2) is 0 Å². The molecule has 2 saturated heterocycles. The van der Waals surface area contributed by atoms with Gasteiger partial charge in [-0.25, -0.2) is 9.78 Å². The molecule has 0 unspecified atom stereocenters. The van der Waals surface area contributed by atoms with Gasteiger partial charge in [-0.05, 0) is 73.9 Å². The number of ether oxygens (including phenoxy) is 3. The number of likely N-dealkylation sites (tertiary alicyclic amines) is 1. The number of nitriles is 1. The van der Waals surface area contributed by atoms with E-state index in [1.807, 2.05) is 45.0 Å². The van der Waals surface area contributed by atoms with E-state index < -0.39 is 5.60 Å². The van der Waals surface area contributed by atoms with Crippen LogP contribution in [0, 0.1) is 11.3 Å². The van der Waals surface area contributed by atoms with Crippen molar-refractivity contribution in [1.82, 2.24) is 14.9 Å². The highest BCUT2D eigenvalue weighted by Crippen LogP contribution is 2.34. The summed E-state index contributed by atoms with van der Waals surface area (Å²) in [7, 11) is 0. The number of nitrogens with zero attached hydrogens (tertiary/aromatic N) is 4. The lowest BCUT2D eigenvalue weighted by atomic mass is 10.0. The number of carbonyl (C=O) groups excluding carboxylic acids is 1. The lowest BCUT2D eigenvalue weighted by Crippen LogP contribution is -2.44. The molecule has 4 heterocycles. The highest BCUT2D eigenvalue weighted by molar-refractivity contribution is 5.96. The Kier molecular flexibility index (Phi) is 7.96. The van der Waals surface area contributed by atoms with Gasteiger partial charge in [0.25, 0.3) is 0 Å². The number of anilines is 1. The molecule has 4 aromatic rings. The standard InChI is InChI=1S/C34H37N5O4/c1-34(2,3)43-33(40)39-14-11-27(12-15-39)42-31-9-6-24(20-25(31)22-35)28-10-13-36-32-29(28)21-30(37-32)23-4-7-26(8-5-23)38-16-18-41-19-17-38/h4-10,13,20-21,27H,11-12,14-19H2,1-3H3,(H,36,37). The summed E-state index contributed by atoms with van der Waals surface area (Å²) < 4.78 is 17.2. The summed E-state index contributed by atoms with van der Waals surface area (Å²) in [6.45, 7) is 10.0. The molecule has 0 aliphatic carbocycles. The number of pyridine rings is 1. The van der Waals surface area contributed by atoms with Crippen LogP contribution in [-0.4, -0.2) is 72.1 Å². The van der Waals surface area contributed by atoms with Crippen LogP contribution in [0.25, 0.3) is 33.4 Å². The summed E-state index contributed by atoms with van der Waals surface area (Å²) in [5.74, 6) is 0.558. The number of piperidine rings is 1. The molecule has 0 radical (unpaired) electrons. The largest absolute Gasteiger partial charge is 0.489 e. The van der Waals surface area contributed by atoms with Crippen LogP contribution in [-0.2, 0) is 9.47 Å². The molecule has 2 aliphatic heterocycles. The zero-order valence-corrected chi connectivity index (χ0v) is 24.9. The highest BCUT2D eigenvalue weighted by Gasteiger charge is 2.28. The van der Waals surface area contributed by atoms with Crippen molar-refractivity contribution >= 4 is 22.8 Å². The summed E-state index contributed by atoms with van der Waals surface area (Å²) in [6, 6.07) is 20.7. The van der Waals surface area contributed by atoms with E-state index in [1.54, 1.807) is 11.1 Å². The Morgan fingerprint density at radius 1 is 1.00 bits per heavy atom. The average Bonchev–Trinajstić information content (AvgIpc) is 3.46. The molecular formula is C34H37N5O4. The molecule has 9 heteroatoms. The molecule has 0 spiro atoms. The van der Waals surface area contributed by atoms with Crippen molar-refractivity contribution in [2.24, 2.45) is 0 Å². The van der Waals surface area contributed by atoms with Gasteiger partial charge in [0.2, 0.25) is 0 Å². The molecule has 2 aliphatic rings. The Balaban J connectivity index is 1.17. The van der Waals surface area contributed by atoms with E-state index in [0.717, 1.165) is 59.7 Å². The van der Waals surface area contributed by atoms with E-state index in [1.165, 1.54) is 5.69 Å². The Morgan fingerprint density at radius 3 is 2.42 bits per heavy atom. The second kappa shape index (κ2) is 12.0. The molecule has 6 rings (SSSR count). The number of amides is 1. The number of aromatic amines is 1. The number of fused-ring (bicyclic) bond motifs is 1. The highest BCUT2D eigenvalue weighted by atomic mass is 16.6. The predicted octanol–water partition coefficient (Wildman–Crippen LogP) is 6.38. The van der Waals surface area contributed by atoms with Gasteiger partial charge < -0.3 is 29.0 Å². The smallest absolute Gasteiger partial charge is 0.410 e. The first-order valence-corrected chi connectivity index (χ1v) is 14.9. The Hall–Kier alpha value is -4.55. The van der Waals surface area contributed by atoms with E-state index in [-0.39, 0.29) is 12.2 Å². The molecular weight excluding hydrogens is 542 g/mol. The molecule has 0 atom stereocenters. The van der Waals surface area contributed by atoms with Crippen LogP contribution < -0.4 is 9.64 Å². The monoisotopic (exact) mass is 579 g/mol. The molecule has 2 fully saturated rings. The summed E-state index contributed by atoms with van der Waals surface area (Å²) in [5, 5.41) is 11.0. The minimum absolute atomic E-state index is 0.0777. The second-order valence-electron chi connectivity index (χ2n) is 12.1. The van der Waals surface area contributed by atoms with Gasteiger partial charge in [0.05, 0.1) is 18.8 Å². The Bertz CT molecular complexity index is 1640. The van der Waals surface area contributed by atoms with Crippen LogP contribution in [0.3, 0.4) is 0 Å². The lowest BCUT2D eigenvalue weighted by molar-refractivity contribution is 0.0126. The number of rotatable bonds is 5. The van der Waals surface area contributed by atoms with Crippen LogP contribution in [0.1, 0.15) is 39.2 Å². The van der Waals surface area contributed by atoms with Crippen molar-refractivity contribution in [2.45, 2.75) is 45.3 Å². The van der Waals surface area contributed by atoms with E-state index in [0.29, 0.717) is 37.2 Å². The zero-order chi connectivity index (χ0) is 30.0. The van der Waals surface area contributed by atoms with Crippen molar-refractivity contribution in [3.8, 4) is 34.2 Å². The van der Waals surface area contributed by atoms with Crippen LogP contribution in [0.15, 0.2) is 60.8 Å². The fourth-order valence-electron chi connectivity index (χ4n) is 5.66. The maximum Gasteiger partial charge on any atom is 0.410 e. The number of aromatic nitrogens is 2.